The van der Waals surface area contributed by atoms with Gasteiger partial charge in [0.15, 0.2) is 0 Å². The number of rotatable bonds is 4. The van der Waals surface area contributed by atoms with Gasteiger partial charge in [0.25, 0.3) is 0 Å². The molecule has 2 rings (SSSR count). The van der Waals surface area contributed by atoms with Gasteiger partial charge in [0, 0.05) is 19.3 Å². The molecule has 0 radical (unpaired) electrons. The van der Waals surface area contributed by atoms with Crippen LogP contribution >= 0.6 is 0 Å². The molecule has 0 aliphatic heterocycles. The van der Waals surface area contributed by atoms with Crippen LogP contribution in [-0.4, -0.2) is 29.4 Å². The van der Waals surface area contributed by atoms with Gasteiger partial charge in [0.05, 0.1) is 0 Å². The van der Waals surface area contributed by atoms with Crippen LogP contribution in [0, 0.1) is 18.3 Å². The first-order chi connectivity index (χ1) is 7.56. The highest BCUT2D eigenvalue weighted by Crippen LogP contribution is 2.30. The Hall–Kier alpha value is -1.65. The molecule has 0 bridgehead atoms. The molecule has 0 atom stereocenters. The summed E-state index contributed by atoms with van der Waals surface area (Å²) in [5, 5.41) is 7.39. The maximum Gasteiger partial charge on any atom is 0.225 e. The van der Waals surface area contributed by atoms with Gasteiger partial charge in [-0.05, 0) is 31.7 Å². The van der Waals surface area contributed by atoms with Crippen LogP contribution in [0.2, 0.25) is 0 Å². The number of hydrogen-bond donors (Lipinski definition) is 2. The monoisotopic (exact) mass is 219 g/mol. The highest BCUT2D eigenvalue weighted by atomic mass is 15.2. The van der Waals surface area contributed by atoms with Gasteiger partial charge in [-0.25, -0.2) is 9.97 Å². The Morgan fingerprint density at radius 3 is 2.81 bits per heavy atom. The average Bonchev–Trinajstić information content (AvgIpc) is 3.00. The molecule has 0 aromatic carbocycles. The Morgan fingerprint density at radius 2 is 2.25 bits per heavy atom. The first-order valence-corrected chi connectivity index (χ1v) is 5.47. The summed E-state index contributed by atoms with van der Waals surface area (Å²) in [6.45, 7) is 2.88. The molecule has 1 aliphatic carbocycles. The third-order valence-corrected chi connectivity index (χ3v) is 2.69. The van der Waals surface area contributed by atoms with Gasteiger partial charge in [-0.3, -0.25) is 5.41 Å². The number of aromatic nitrogens is 2. The van der Waals surface area contributed by atoms with Crippen molar-refractivity contribution in [1.29, 1.82) is 5.41 Å². The summed E-state index contributed by atoms with van der Waals surface area (Å²) in [7, 11) is 1.98. The summed E-state index contributed by atoms with van der Waals surface area (Å²) in [6, 6.07) is 1.73. The van der Waals surface area contributed by atoms with Crippen molar-refractivity contribution in [2.24, 2.45) is 11.7 Å². The summed E-state index contributed by atoms with van der Waals surface area (Å²) < 4.78 is 0. The first kappa shape index (κ1) is 10.9. The van der Waals surface area contributed by atoms with E-state index in [9.17, 15) is 0 Å². The summed E-state index contributed by atoms with van der Waals surface area (Å²) >= 11 is 0. The second-order valence-corrected chi connectivity index (χ2v) is 4.43. The van der Waals surface area contributed by atoms with Crippen LogP contribution in [-0.2, 0) is 0 Å². The Labute approximate surface area is 95.2 Å². The van der Waals surface area contributed by atoms with E-state index in [1.54, 1.807) is 6.07 Å². The third kappa shape index (κ3) is 2.48. The van der Waals surface area contributed by atoms with Crippen molar-refractivity contribution in [3.63, 3.8) is 0 Å². The van der Waals surface area contributed by atoms with Gasteiger partial charge < -0.3 is 10.6 Å². The standard InChI is InChI=1S/C11H17N5/c1-7-5-9(10(12)13)15-11(14-7)16(2)6-8-3-4-8/h5,8H,3-4,6H2,1-2H3,(H3,12,13). The zero-order chi connectivity index (χ0) is 11.7. The minimum absolute atomic E-state index is 0.00780. The number of nitrogen functional groups attached to an aromatic ring is 1. The molecule has 1 fully saturated rings. The highest BCUT2D eigenvalue weighted by molar-refractivity contribution is 5.93. The lowest BCUT2D eigenvalue weighted by molar-refractivity contribution is 0.761. The topological polar surface area (TPSA) is 78.9 Å². The molecule has 1 saturated carbocycles. The minimum Gasteiger partial charge on any atom is -0.382 e. The van der Waals surface area contributed by atoms with Crippen LogP contribution in [0.25, 0.3) is 0 Å². The minimum atomic E-state index is -0.00780. The Balaban J connectivity index is 2.21. The van der Waals surface area contributed by atoms with Gasteiger partial charge in [-0.1, -0.05) is 0 Å². The van der Waals surface area contributed by atoms with E-state index in [0.29, 0.717) is 11.6 Å². The van der Waals surface area contributed by atoms with E-state index in [1.165, 1.54) is 12.8 Å². The Bertz CT molecular complexity index is 411. The number of nitrogens with zero attached hydrogens (tertiary/aromatic N) is 3. The second-order valence-electron chi connectivity index (χ2n) is 4.43. The molecular formula is C11H17N5. The summed E-state index contributed by atoms with van der Waals surface area (Å²) in [5.41, 5.74) is 6.79. The lowest BCUT2D eigenvalue weighted by Crippen LogP contribution is -2.24. The van der Waals surface area contributed by atoms with Crippen LogP contribution in [0.1, 0.15) is 24.2 Å². The molecular weight excluding hydrogens is 202 g/mol. The quantitative estimate of drug-likeness (QED) is 0.583. The Morgan fingerprint density at radius 1 is 1.56 bits per heavy atom. The molecule has 3 N–H and O–H groups in total. The molecule has 1 aromatic rings. The molecule has 1 aliphatic rings. The van der Waals surface area contributed by atoms with Crippen molar-refractivity contribution in [2.45, 2.75) is 19.8 Å². The average molecular weight is 219 g/mol. The fourth-order valence-corrected chi connectivity index (χ4v) is 1.63. The zero-order valence-electron chi connectivity index (χ0n) is 9.70. The van der Waals surface area contributed by atoms with Gasteiger partial charge in [0.2, 0.25) is 5.95 Å². The fourth-order valence-electron chi connectivity index (χ4n) is 1.63. The van der Waals surface area contributed by atoms with Crippen molar-refractivity contribution >= 4 is 11.8 Å². The molecule has 0 saturated heterocycles. The second kappa shape index (κ2) is 4.08. The van der Waals surface area contributed by atoms with Gasteiger partial charge in [-0.15, -0.1) is 0 Å². The number of amidine groups is 1. The predicted molar refractivity (Wildman–Crippen MR) is 63.8 cm³/mol. The lowest BCUT2D eigenvalue weighted by atomic mass is 10.3. The third-order valence-electron chi connectivity index (χ3n) is 2.69. The van der Waals surface area contributed by atoms with E-state index in [0.717, 1.165) is 18.2 Å². The van der Waals surface area contributed by atoms with Crippen molar-refractivity contribution in [3.05, 3.63) is 17.5 Å². The number of hydrogen-bond acceptors (Lipinski definition) is 4. The molecule has 0 unspecified atom stereocenters. The fraction of sp³-hybridized carbons (Fsp3) is 0.545. The predicted octanol–water partition coefficient (Wildman–Crippen LogP) is 0.915. The first-order valence-electron chi connectivity index (χ1n) is 5.47. The Kier molecular flexibility index (Phi) is 2.77. The van der Waals surface area contributed by atoms with Gasteiger partial charge in [-0.2, -0.15) is 0 Å². The molecule has 86 valence electrons. The highest BCUT2D eigenvalue weighted by Gasteiger charge is 2.24. The van der Waals surface area contributed by atoms with Crippen LogP contribution in [0.4, 0.5) is 5.95 Å². The molecule has 5 heteroatoms. The molecule has 1 aromatic heterocycles. The van der Waals surface area contributed by atoms with E-state index in [1.807, 2.05) is 18.9 Å². The van der Waals surface area contributed by atoms with E-state index in [4.69, 9.17) is 11.1 Å². The molecule has 5 nitrogen and oxygen atoms in total. The molecule has 0 spiro atoms. The van der Waals surface area contributed by atoms with E-state index in [-0.39, 0.29) is 5.84 Å². The van der Waals surface area contributed by atoms with Crippen LogP contribution in [0.15, 0.2) is 6.07 Å². The van der Waals surface area contributed by atoms with Gasteiger partial charge >= 0.3 is 0 Å². The van der Waals surface area contributed by atoms with E-state index in [2.05, 4.69) is 9.97 Å². The van der Waals surface area contributed by atoms with Crippen molar-refractivity contribution in [2.75, 3.05) is 18.5 Å². The summed E-state index contributed by atoms with van der Waals surface area (Å²) in [4.78, 5) is 10.7. The summed E-state index contributed by atoms with van der Waals surface area (Å²) in [5.74, 6) is 1.44. The van der Waals surface area contributed by atoms with Crippen molar-refractivity contribution in [3.8, 4) is 0 Å². The number of aryl methyl sites for hydroxylation is 1. The van der Waals surface area contributed by atoms with Crippen LogP contribution in [0.3, 0.4) is 0 Å². The van der Waals surface area contributed by atoms with Crippen molar-refractivity contribution in [1.82, 2.24) is 9.97 Å². The van der Waals surface area contributed by atoms with Crippen LogP contribution in [0.5, 0.6) is 0 Å². The largest absolute Gasteiger partial charge is 0.382 e. The number of anilines is 1. The smallest absolute Gasteiger partial charge is 0.225 e. The summed E-state index contributed by atoms with van der Waals surface area (Å²) in [6.07, 6.45) is 2.60. The zero-order valence-corrected chi connectivity index (χ0v) is 9.70. The van der Waals surface area contributed by atoms with E-state index >= 15 is 0 Å². The lowest BCUT2D eigenvalue weighted by Gasteiger charge is -2.17. The maximum atomic E-state index is 7.39. The number of nitrogens with two attached hydrogens (primary N) is 1. The molecule has 1 heterocycles. The number of nitrogens with one attached hydrogen (secondary N) is 1. The van der Waals surface area contributed by atoms with Crippen molar-refractivity contribution < 1.29 is 0 Å². The van der Waals surface area contributed by atoms with E-state index < -0.39 is 0 Å². The normalized spacial score (nSPS) is 14.9. The SMILES string of the molecule is Cc1cc(C(=N)N)nc(N(C)CC2CC2)n1. The van der Waals surface area contributed by atoms with Crippen LogP contribution < -0.4 is 10.6 Å². The molecule has 0 amide bonds. The molecule has 16 heavy (non-hydrogen) atoms. The van der Waals surface area contributed by atoms with Gasteiger partial charge in [0.1, 0.15) is 11.5 Å². The maximum absolute atomic E-state index is 7.39.